The molecule has 0 saturated carbocycles. The molecule has 0 saturated heterocycles. The Labute approximate surface area is 155 Å². The lowest BCUT2D eigenvalue weighted by Crippen LogP contribution is -2.14. The zero-order chi connectivity index (χ0) is 19.2. The summed E-state index contributed by atoms with van der Waals surface area (Å²) in [5.74, 6) is 0.730. The first kappa shape index (κ1) is 19.7. The molecule has 2 rings (SSSR count). The highest BCUT2D eigenvalue weighted by molar-refractivity contribution is 7.91. The van der Waals surface area contributed by atoms with Gasteiger partial charge in [-0.15, -0.1) is 0 Å². The number of hydrogen-bond donors (Lipinski definition) is 2. The number of methoxy groups -OCH3 is 1. The summed E-state index contributed by atoms with van der Waals surface area (Å²) < 4.78 is 21.0. The molecule has 2 aromatic rings. The van der Waals surface area contributed by atoms with Gasteiger partial charge < -0.3 is 10.1 Å². The van der Waals surface area contributed by atoms with Crippen LogP contribution in [0.15, 0.2) is 62.8 Å². The largest absolute Gasteiger partial charge is 0.497 e. The number of nitrogens with two attached hydrogens (primary N) is 1. The van der Waals surface area contributed by atoms with E-state index in [1.54, 1.807) is 19.2 Å². The second-order valence-corrected chi connectivity index (χ2v) is 7.47. The molecule has 0 heterocycles. The molecule has 138 valence electrons. The van der Waals surface area contributed by atoms with E-state index in [1.165, 1.54) is 7.05 Å². The highest BCUT2D eigenvalue weighted by Gasteiger charge is 2.09. The molecule has 0 fully saturated rings. The Morgan fingerprint density at radius 1 is 1.31 bits per heavy atom. The van der Waals surface area contributed by atoms with E-state index in [0.29, 0.717) is 11.4 Å². The third kappa shape index (κ3) is 4.50. The number of benzene rings is 2. The van der Waals surface area contributed by atoms with E-state index >= 15 is 0 Å². The minimum Gasteiger partial charge on any atom is -0.497 e. The van der Waals surface area contributed by atoms with Gasteiger partial charge in [-0.1, -0.05) is 18.2 Å². The van der Waals surface area contributed by atoms with Crippen LogP contribution in [0, 0.1) is 0 Å². The van der Waals surface area contributed by atoms with Gasteiger partial charge in [-0.2, -0.15) is 0 Å². The fraction of sp³-hybridized carbons (Fsp3) is 0.211. The quantitative estimate of drug-likeness (QED) is 0.729. The smallest absolute Gasteiger partial charge is 0.134 e. The normalized spacial score (nSPS) is 13.6. The average molecular weight is 372 g/mol. The second-order valence-electron chi connectivity index (χ2n) is 5.49. The highest BCUT2D eigenvalue weighted by atomic mass is 32.2. The summed E-state index contributed by atoms with van der Waals surface area (Å²) in [5.41, 5.74) is 3.65. The van der Waals surface area contributed by atoms with Crippen molar-refractivity contribution in [2.75, 3.05) is 14.2 Å². The molecule has 0 amide bonds. The maximum Gasteiger partial charge on any atom is 0.134 e. The Kier molecular flexibility index (Phi) is 6.54. The molecule has 0 aliphatic heterocycles. The first-order chi connectivity index (χ1) is 12.4. The van der Waals surface area contributed by atoms with Crippen molar-refractivity contribution in [2.45, 2.75) is 18.4 Å². The minimum atomic E-state index is -2.80. The van der Waals surface area contributed by atoms with Gasteiger partial charge in [0.2, 0.25) is 0 Å². The summed E-state index contributed by atoms with van der Waals surface area (Å²) in [6.07, 6.45) is 1.98. The van der Waals surface area contributed by atoms with Gasteiger partial charge in [0.05, 0.1) is 17.7 Å². The molecule has 26 heavy (non-hydrogen) atoms. The van der Waals surface area contributed by atoms with E-state index in [4.69, 9.17) is 9.88 Å². The van der Waals surface area contributed by atoms with E-state index in [-0.39, 0.29) is 0 Å². The van der Waals surface area contributed by atoms with Gasteiger partial charge in [0, 0.05) is 30.9 Å². The van der Waals surface area contributed by atoms with Crippen molar-refractivity contribution in [1.29, 1.82) is 0 Å². The Morgan fingerprint density at radius 3 is 2.54 bits per heavy atom. The fourth-order valence-corrected chi connectivity index (χ4v) is 3.19. The van der Waals surface area contributed by atoms with Crippen LogP contribution in [-0.4, -0.2) is 25.1 Å². The van der Waals surface area contributed by atoms with Crippen LogP contribution in [0.1, 0.15) is 18.1 Å². The molecule has 3 N–H and O–H groups in total. The predicted molar refractivity (Wildman–Crippen MR) is 108 cm³/mol. The van der Waals surface area contributed by atoms with Gasteiger partial charge in [0.25, 0.3) is 0 Å². The van der Waals surface area contributed by atoms with E-state index in [1.807, 2.05) is 43.3 Å². The van der Waals surface area contributed by atoms with Crippen LogP contribution >= 0.6 is 0 Å². The number of ether oxygens (including phenoxy) is 1. The number of rotatable bonds is 7. The standard InChI is InChI=1S/C19H24N4O2S/c1-5-18(17-11-8-15(25-4)12-19(17)21-2)23-13-14-6-9-16(10-7-14)26(20,24)22-3/h5-12,23H,2,13H2,1,3-4H3,(H2,20,22,24)/b18-5+. The summed E-state index contributed by atoms with van der Waals surface area (Å²) in [6.45, 7) is 6.18. The molecule has 1 unspecified atom stereocenters. The van der Waals surface area contributed by atoms with Gasteiger partial charge in [-0.3, -0.25) is 4.99 Å². The number of aliphatic imine (C=N–C) groups is 1. The van der Waals surface area contributed by atoms with Crippen molar-refractivity contribution in [3.63, 3.8) is 0 Å². The van der Waals surface area contributed by atoms with Crippen molar-refractivity contribution < 1.29 is 8.95 Å². The molecule has 0 radical (unpaired) electrons. The van der Waals surface area contributed by atoms with E-state index in [2.05, 4.69) is 21.4 Å². The van der Waals surface area contributed by atoms with Crippen molar-refractivity contribution in [1.82, 2.24) is 5.32 Å². The Morgan fingerprint density at radius 2 is 2.00 bits per heavy atom. The van der Waals surface area contributed by atoms with Gasteiger partial charge in [-0.25, -0.2) is 13.7 Å². The monoisotopic (exact) mass is 372 g/mol. The van der Waals surface area contributed by atoms with Gasteiger partial charge in [0.15, 0.2) is 0 Å². The number of nitrogens with zero attached hydrogens (tertiary/aromatic N) is 2. The summed E-state index contributed by atoms with van der Waals surface area (Å²) in [4.78, 5) is 4.60. The van der Waals surface area contributed by atoms with Crippen molar-refractivity contribution in [3.05, 3.63) is 59.7 Å². The van der Waals surface area contributed by atoms with Crippen LogP contribution in [0.25, 0.3) is 5.70 Å². The van der Waals surface area contributed by atoms with Crippen LogP contribution in [0.2, 0.25) is 0 Å². The van der Waals surface area contributed by atoms with Crippen LogP contribution in [-0.2, 0) is 16.5 Å². The maximum absolute atomic E-state index is 12.0. The molecule has 1 atom stereocenters. The molecule has 2 aromatic carbocycles. The van der Waals surface area contributed by atoms with E-state index in [0.717, 1.165) is 28.3 Å². The number of nitrogens with one attached hydrogen (secondary N) is 1. The SMILES string of the molecule is C=Nc1cc(OC)ccc1/C(=C\C)NCc1ccc(S(N)(=O)=NC)cc1. The van der Waals surface area contributed by atoms with Crippen molar-refractivity contribution in [2.24, 2.45) is 14.5 Å². The Balaban J connectivity index is 2.18. The molecule has 0 aliphatic carbocycles. The van der Waals surface area contributed by atoms with Crippen LogP contribution < -0.4 is 15.2 Å². The summed E-state index contributed by atoms with van der Waals surface area (Å²) >= 11 is 0. The van der Waals surface area contributed by atoms with Gasteiger partial charge >= 0.3 is 0 Å². The van der Waals surface area contributed by atoms with Crippen LogP contribution in [0.3, 0.4) is 0 Å². The molecule has 7 heteroatoms. The average Bonchev–Trinajstić information content (AvgIpc) is 2.68. The molecular weight excluding hydrogens is 348 g/mol. The summed E-state index contributed by atoms with van der Waals surface area (Å²) in [7, 11) is 0.274. The van der Waals surface area contributed by atoms with E-state index < -0.39 is 9.92 Å². The summed E-state index contributed by atoms with van der Waals surface area (Å²) in [6, 6.07) is 12.9. The Hall–Kier alpha value is -2.64. The third-order valence-electron chi connectivity index (χ3n) is 3.97. The third-order valence-corrected chi connectivity index (χ3v) is 5.46. The molecule has 0 spiro atoms. The zero-order valence-corrected chi connectivity index (χ0v) is 16.0. The molecular formula is C19H24N4O2S. The number of hydrogen-bond acceptors (Lipinski definition) is 5. The molecule has 0 aromatic heterocycles. The van der Waals surface area contributed by atoms with Gasteiger partial charge in [0.1, 0.15) is 15.7 Å². The first-order valence-corrected chi connectivity index (χ1v) is 9.60. The topological polar surface area (TPSA) is 89.1 Å². The van der Waals surface area contributed by atoms with Crippen molar-refractivity contribution >= 4 is 28.0 Å². The lowest BCUT2D eigenvalue weighted by Gasteiger charge is -2.14. The Bertz CT molecular complexity index is 927. The minimum absolute atomic E-state index is 0.517. The van der Waals surface area contributed by atoms with Crippen LogP contribution in [0.5, 0.6) is 5.75 Å². The first-order valence-electron chi connectivity index (χ1n) is 8.02. The van der Waals surface area contributed by atoms with Gasteiger partial charge in [-0.05, 0) is 43.5 Å². The lowest BCUT2D eigenvalue weighted by atomic mass is 10.1. The highest BCUT2D eigenvalue weighted by Crippen LogP contribution is 2.29. The fourth-order valence-electron chi connectivity index (χ4n) is 2.45. The molecule has 0 bridgehead atoms. The van der Waals surface area contributed by atoms with Crippen molar-refractivity contribution in [3.8, 4) is 5.75 Å². The summed E-state index contributed by atoms with van der Waals surface area (Å²) in [5, 5.41) is 9.07. The zero-order valence-electron chi connectivity index (χ0n) is 15.2. The molecule has 6 nitrogen and oxygen atoms in total. The maximum atomic E-state index is 12.0. The van der Waals surface area contributed by atoms with E-state index in [9.17, 15) is 4.21 Å². The van der Waals surface area contributed by atoms with Crippen LogP contribution in [0.4, 0.5) is 5.69 Å². The number of allylic oxidation sites excluding steroid dienone is 1. The molecule has 0 aliphatic rings. The second kappa shape index (κ2) is 8.64. The lowest BCUT2D eigenvalue weighted by molar-refractivity contribution is 0.415. The predicted octanol–water partition coefficient (Wildman–Crippen LogP) is 3.51.